The van der Waals surface area contributed by atoms with Crippen molar-refractivity contribution in [3.8, 4) is 0 Å². The van der Waals surface area contributed by atoms with Gasteiger partial charge in [-0.05, 0) is 62.1 Å². The van der Waals surface area contributed by atoms with Crippen LogP contribution in [0.5, 0.6) is 0 Å². The van der Waals surface area contributed by atoms with Gasteiger partial charge in [0.2, 0.25) is 11.8 Å². The number of amides is 2. The van der Waals surface area contributed by atoms with Crippen molar-refractivity contribution in [2.75, 3.05) is 15.5 Å². The SMILES string of the molecule is C[C@@H]1Cc2ccccc2N1C(=O)[C@@H](C)Nc1ccc2c(c1)CCC(=O)N2. The second-order valence-corrected chi connectivity index (χ2v) is 7.18. The lowest BCUT2D eigenvalue weighted by Gasteiger charge is -2.27. The third-order valence-corrected chi connectivity index (χ3v) is 5.20. The van der Waals surface area contributed by atoms with Crippen molar-refractivity contribution in [3.05, 3.63) is 53.6 Å². The number of aryl methyl sites for hydroxylation is 1. The first-order valence-corrected chi connectivity index (χ1v) is 9.13. The van der Waals surface area contributed by atoms with Gasteiger partial charge in [-0.2, -0.15) is 0 Å². The van der Waals surface area contributed by atoms with E-state index in [0.29, 0.717) is 6.42 Å². The van der Waals surface area contributed by atoms with E-state index in [-0.39, 0.29) is 23.9 Å². The average molecular weight is 349 g/mol. The Balaban J connectivity index is 1.51. The Labute approximate surface area is 153 Å². The van der Waals surface area contributed by atoms with Crippen molar-refractivity contribution in [1.82, 2.24) is 0 Å². The smallest absolute Gasteiger partial charge is 0.249 e. The van der Waals surface area contributed by atoms with Crippen molar-refractivity contribution in [1.29, 1.82) is 0 Å². The van der Waals surface area contributed by atoms with E-state index in [0.717, 1.165) is 35.5 Å². The number of anilines is 3. The van der Waals surface area contributed by atoms with Gasteiger partial charge >= 0.3 is 0 Å². The van der Waals surface area contributed by atoms with Crippen LogP contribution in [0.2, 0.25) is 0 Å². The normalized spacial score (nSPS) is 19.4. The molecule has 0 bridgehead atoms. The van der Waals surface area contributed by atoms with Crippen LogP contribution in [0, 0.1) is 0 Å². The van der Waals surface area contributed by atoms with Crippen LogP contribution in [0.3, 0.4) is 0 Å². The molecule has 0 fully saturated rings. The maximum Gasteiger partial charge on any atom is 0.249 e. The first-order valence-electron chi connectivity index (χ1n) is 9.13. The number of fused-ring (bicyclic) bond motifs is 2. The second kappa shape index (κ2) is 6.48. The highest BCUT2D eigenvalue weighted by atomic mass is 16.2. The molecule has 26 heavy (non-hydrogen) atoms. The molecule has 2 aliphatic heterocycles. The van der Waals surface area contributed by atoms with Crippen LogP contribution in [-0.2, 0) is 22.4 Å². The van der Waals surface area contributed by atoms with Gasteiger partial charge in [0.1, 0.15) is 6.04 Å². The van der Waals surface area contributed by atoms with Gasteiger partial charge in [-0.3, -0.25) is 9.59 Å². The van der Waals surface area contributed by atoms with Crippen LogP contribution >= 0.6 is 0 Å². The number of rotatable bonds is 3. The molecule has 0 saturated heterocycles. The Bertz CT molecular complexity index is 877. The Morgan fingerprint density at radius 3 is 2.85 bits per heavy atom. The Morgan fingerprint density at radius 2 is 2.00 bits per heavy atom. The first-order chi connectivity index (χ1) is 12.5. The zero-order valence-corrected chi connectivity index (χ0v) is 15.1. The minimum absolute atomic E-state index is 0.0587. The van der Waals surface area contributed by atoms with E-state index >= 15 is 0 Å². The number of para-hydroxylation sites is 1. The van der Waals surface area contributed by atoms with Crippen LogP contribution in [-0.4, -0.2) is 23.9 Å². The number of benzene rings is 2. The summed E-state index contributed by atoms with van der Waals surface area (Å²) in [7, 11) is 0. The van der Waals surface area contributed by atoms with Gasteiger partial charge in [0.15, 0.2) is 0 Å². The minimum atomic E-state index is -0.333. The molecule has 0 unspecified atom stereocenters. The lowest BCUT2D eigenvalue weighted by molar-refractivity contribution is -0.119. The maximum absolute atomic E-state index is 13.1. The summed E-state index contributed by atoms with van der Waals surface area (Å²) < 4.78 is 0. The lowest BCUT2D eigenvalue weighted by atomic mass is 10.0. The molecule has 134 valence electrons. The molecule has 0 spiro atoms. The van der Waals surface area contributed by atoms with Gasteiger partial charge in [0.05, 0.1) is 0 Å². The number of carbonyl (C=O) groups excluding carboxylic acids is 2. The molecule has 2 atom stereocenters. The van der Waals surface area contributed by atoms with E-state index in [1.165, 1.54) is 5.56 Å². The van der Waals surface area contributed by atoms with E-state index in [1.807, 2.05) is 48.2 Å². The molecule has 0 aliphatic carbocycles. The predicted octanol–water partition coefficient (Wildman–Crippen LogP) is 3.35. The van der Waals surface area contributed by atoms with E-state index in [1.54, 1.807) is 0 Å². The molecule has 0 radical (unpaired) electrons. The zero-order chi connectivity index (χ0) is 18.3. The van der Waals surface area contributed by atoms with Crippen LogP contribution < -0.4 is 15.5 Å². The molecule has 5 nitrogen and oxygen atoms in total. The largest absolute Gasteiger partial charge is 0.374 e. The third kappa shape index (κ3) is 2.94. The van der Waals surface area contributed by atoms with E-state index < -0.39 is 0 Å². The van der Waals surface area contributed by atoms with Crippen LogP contribution in [0.1, 0.15) is 31.4 Å². The van der Waals surface area contributed by atoms with Crippen molar-refractivity contribution < 1.29 is 9.59 Å². The maximum atomic E-state index is 13.1. The molecule has 0 aromatic heterocycles. The summed E-state index contributed by atoms with van der Waals surface area (Å²) in [4.78, 5) is 26.4. The number of nitrogens with zero attached hydrogens (tertiary/aromatic N) is 1. The van der Waals surface area contributed by atoms with Crippen LogP contribution in [0.4, 0.5) is 17.1 Å². The summed E-state index contributed by atoms with van der Waals surface area (Å²) in [6.45, 7) is 3.99. The third-order valence-electron chi connectivity index (χ3n) is 5.20. The molecule has 2 heterocycles. The minimum Gasteiger partial charge on any atom is -0.374 e. The van der Waals surface area contributed by atoms with Crippen molar-refractivity contribution in [2.24, 2.45) is 0 Å². The molecule has 2 N–H and O–H groups in total. The molecule has 2 aromatic carbocycles. The highest BCUT2D eigenvalue weighted by Crippen LogP contribution is 2.33. The Hall–Kier alpha value is -2.82. The average Bonchev–Trinajstić information content (AvgIpc) is 2.96. The second-order valence-electron chi connectivity index (χ2n) is 7.18. The van der Waals surface area contributed by atoms with E-state index in [4.69, 9.17) is 0 Å². The van der Waals surface area contributed by atoms with Gasteiger partial charge in [0.25, 0.3) is 0 Å². The van der Waals surface area contributed by atoms with Crippen LogP contribution in [0.15, 0.2) is 42.5 Å². The molecule has 2 aromatic rings. The van der Waals surface area contributed by atoms with Gasteiger partial charge in [-0.1, -0.05) is 18.2 Å². The van der Waals surface area contributed by atoms with Gasteiger partial charge in [0, 0.05) is 29.5 Å². The molecule has 5 heteroatoms. The van der Waals surface area contributed by atoms with Crippen LogP contribution in [0.25, 0.3) is 0 Å². The molecular weight excluding hydrogens is 326 g/mol. The number of nitrogens with one attached hydrogen (secondary N) is 2. The van der Waals surface area contributed by atoms with Crippen molar-refractivity contribution in [3.63, 3.8) is 0 Å². The Morgan fingerprint density at radius 1 is 1.19 bits per heavy atom. The topological polar surface area (TPSA) is 61.4 Å². The fraction of sp³-hybridized carbons (Fsp3) is 0.333. The van der Waals surface area contributed by atoms with E-state index in [9.17, 15) is 9.59 Å². The molecular formula is C21H23N3O2. The highest BCUT2D eigenvalue weighted by molar-refractivity contribution is 6.01. The van der Waals surface area contributed by atoms with Gasteiger partial charge in [-0.25, -0.2) is 0 Å². The highest BCUT2D eigenvalue weighted by Gasteiger charge is 2.33. The van der Waals surface area contributed by atoms with Gasteiger partial charge < -0.3 is 15.5 Å². The molecule has 4 rings (SSSR count). The predicted molar refractivity (Wildman–Crippen MR) is 104 cm³/mol. The summed E-state index contributed by atoms with van der Waals surface area (Å²) >= 11 is 0. The zero-order valence-electron chi connectivity index (χ0n) is 15.1. The quantitative estimate of drug-likeness (QED) is 0.893. The number of hydrogen-bond donors (Lipinski definition) is 2. The van der Waals surface area contributed by atoms with Gasteiger partial charge in [-0.15, -0.1) is 0 Å². The lowest BCUT2D eigenvalue weighted by Crippen LogP contribution is -2.44. The number of hydrogen-bond acceptors (Lipinski definition) is 3. The van der Waals surface area contributed by atoms with Crippen molar-refractivity contribution in [2.45, 2.75) is 45.2 Å². The number of carbonyl (C=O) groups is 2. The summed E-state index contributed by atoms with van der Waals surface area (Å²) in [5.41, 5.74) is 5.12. The fourth-order valence-electron chi connectivity index (χ4n) is 3.89. The Kier molecular flexibility index (Phi) is 4.15. The monoisotopic (exact) mass is 349 g/mol. The van der Waals surface area contributed by atoms with Crippen molar-refractivity contribution >= 4 is 28.9 Å². The summed E-state index contributed by atoms with van der Waals surface area (Å²) in [5.74, 6) is 0.136. The molecule has 2 aliphatic rings. The first kappa shape index (κ1) is 16.6. The fourth-order valence-corrected chi connectivity index (χ4v) is 3.89. The van der Waals surface area contributed by atoms with E-state index in [2.05, 4.69) is 23.6 Å². The molecule has 0 saturated carbocycles. The summed E-state index contributed by atoms with van der Waals surface area (Å²) in [6, 6.07) is 13.8. The standard InChI is InChI=1S/C21H23N3O2/c1-13-11-16-5-3-4-6-19(16)24(13)21(26)14(2)22-17-8-9-18-15(12-17)7-10-20(25)23-18/h3-6,8-9,12-14,22H,7,10-11H2,1-2H3,(H,23,25)/t13-,14-/m1/s1. The summed E-state index contributed by atoms with van der Waals surface area (Å²) in [5, 5.41) is 6.21. The molecule has 2 amide bonds. The summed E-state index contributed by atoms with van der Waals surface area (Å²) in [6.07, 6.45) is 2.13.